The minimum absolute atomic E-state index is 0.746. The fourth-order valence-electron chi connectivity index (χ4n) is 1.26. The minimum atomic E-state index is 0.746. The topological polar surface area (TPSA) is 47.4 Å². The Hall–Kier alpha value is -2.23. The standard InChI is InChI=1S/C12H11N3O/c1-16-12-5-3-2-4-11(12)15-8-10-6-13-9-14-7-10/h2-9H,1H3/b15-8+. The van der Waals surface area contributed by atoms with Crippen LogP contribution in [0.4, 0.5) is 5.69 Å². The van der Waals surface area contributed by atoms with Crippen molar-refractivity contribution in [3.63, 3.8) is 0 Å². The van der Waals surface area contributed by atoms with E-state index in [2.05, 4.69) is 15.0 Å². The summed E-state index contributed by atoms with van der Waals surface area (Å²) < 4.78 is 5.19. The van der Waals surface area contributed by atoms with Gasteiger partial charge in [-0.2, -0.15) is 0 Å². The summed E-state index contributed by atoms with van der Waals surface area (Å²) in [4.78, 5) is 12.1. The number of hydrogen-bond donors (Lipinski definition) is 0. The van der Waals surface area contributed by atoms with Crippen LogP contribution in [-0.2, 0) is 0 Å². The number of hydrogen-bond acceptors (Lipinski definition) is 4. The van der Waals surface area contributed by atoms with Crippen molar-refractivity contribution in [2.75, 3.05) is 7.11 Å². The van der Waals surface area contributed by atoms with Crippen molar-refractivity contribution < 1.29 is 4.74 Å². The summed E-state index contributed by atoms with van der Waals surface area (Å²) in [6.45, 7) is 0. The Morgan fingerprint density at radius 1 is 1.19 bits per heavy atom. The van der Waals surface area contributed by atoms with E-state index < -0.39 is 0 Å². The fraction of sp³-hybridized carbons (Fsp3) is 0.0833. The summed E-state index contributed by atoms with van der Waals surface area (Å²) in [5.74, 6) is 0.746. The number of para-hydroxylation sites is 2. The number of aliphatic imine (C=N–C) groups is 1. The monoisotopic (exact) mass is 213 g/mol. The maximum atomic E-state index is 5.19. The lowest BCUT2D eigenvalue weighted by Gasteiger charge is -2.02. The van der Waals surface area contributed by atoms with Crippen LogP contribution in [-0.4, -0.2) is 23.3 Å². The first-order chi connectivity index (χ1) is 7.90. The molecule has 0 fully saturated rings. The van der Waals surface area contributed by atoms with Crippen LogP contribution in [0.25, 0.3) is 0 Å². The third kappa shape index (κ3) is 2.42. The number of methoxy groups -OCH3 is 1. The van der Waals surface area contributed by atoms with Gasteiger partial charge in [-0.1, -0.05) is 12.1 Å². The zero-order valence-electron chi connectivity index (χ0n) is 8.87. The molecule has 2 rings (SSSR count). The number of benzene rings is 1. The van der Waals surface area contributed by atoms with Crippen LogP contribution in [0.2, 0.25) is 0 Å². The molecule has 80 valence electrons. The fourth-order valence-corrected chi connectivity index (χ4v) is 1.26. The van der Waals surface area contributed by atoms with Gasteiger partial charge in [-0.05, 0) is 12.1 Å². The van der Waals surface area contributed by atoms with Crippen LogP contribution in [0.3, 0.4) is 0 Å². The van der Waals surface area contributed by atoms with Gasteiger partial charge in [0, 0.05) is 24.2 Å². The molecule has 0 N–H and O–H groups in total. The Bertz CT molecular complexity index is 483. The highest BCUT2D eigenvalue weighted by atomic mass is 16.5. The molecule has 0 atom stereocenters. The average molecular weight is 213 g/mol. The second-order valence-corrected chi connectivity index (χ2v) is 3.10. The van der Waals surface area contributed by atoms with Gasteiger partial charge in [0.1, 0.15) is 17.8 Å². The van der Waals surface area contributed by atoms with Crippen molar-refractivity contribution in [3.8, 4) is 5.75 Å². The minimum Gasteiger partial charge on any atom is -0.494 e. The highest BCUT2D eigenvalue weighted by Crippen LogP contribution is 2.25. The zero-order chi connectivity index (χ0) is 11.2. The van der Waals surface area contributed by atoms with Gasteiger partial charge in [-0.15, -0.1) is 0 Å². The Labute approximate surface area is 93.7 Å². The molecule has 0 aliphatic rings. The second-order valence-electron chi connectivity index (χ2n) is 3.10. The average Bonchev–Trinajstić information content (AvgIpc) is 2.38. The van der Waals surface area contributed by atoms with E-state index in [4.69, 9.17) is 4.74 Å². The van der Waals surface area contributed by atoms with Crippen LogP contribution in [0, 0.1) is 0 Å². The molecule has 0 amide bonds. The predicted octanol–water partition coefficient (Wildman–Crippen LogP) is 2.24. The van der Waals surface area contributed by atoms with Gasteiger partial charge in [0.25, 0.3) is 0 Å². The van der Waals surface area contributed by atoms with Gasteiger partial charge in [0.05, 0.1) is 7.11 Å². The quantitative estimate of drug-likeness (QED) is 0.734. The zero-order valence-corrected chi connectivity index (χ0v) is 8.87. The van der Waals surface area contributed by atoms with Crippen molar-refractivity contribution in [3.05, 3.63) is 48.5 Å². The van der Waals surface area contributed by atoms with E-state index in [-0.39, 0.29) is 0 Å². The van der Waals surface area contributed by atoms with E-state index in [0.29, 0.717) is 0 Å². The molecule has 0 spiro atoms. The lowest BCUT2D eigenvalue weighted by molar-refractivity contribution is 0.416. The molecular formula is C12H11N3O. The van der Waals surface area contributed by atoms with E-state index >= 15 is 0 Å². The lowest BCUT2D eigenvalue weighted by Crippen LogP contribution is -1.86. The number of aromatic nitrogens is 2. The van der Waals surface area contributed by atoms with Gasteiger partial charge in [0.15, 0.2) is 0 Å². The third-order valence-corrected chi connectivity index (χ3v) is 2.02. The SMILES string of the molecule is COc1ccccc1/N=C/c1cncnc1. The van der Waals surface area contributed by atoms with Crippen molar-refractivity contribution in [1.82, 2.24) is 9.97 Å². The molecule has 0 saturated carbocycles. The van der Waals surface area contributed by atoms with Crippen molar-refractivity contribution >= 4 is 11.9 Å². The first-order valence-electron chi connectivity index (χ1n) is 4.82. The van der Waals surface area contributed by atoms with Crippen molar-refractivity contribution in [2.24, 2.45) is 4.99 Å². The molecule has 4 heteroatoms. The summed E-state index contributed by atoms with van der Waals surface area (Å²) >= 11 is 0. The molecule has 16 heavy (non-hydrogen) atoms. The van der Waals surface area contributed by atoms with E-state index in [1.54, 1.807) is 25.7 Å². The summed E-state index contributed by atoms with van der Waals surface area (Å²) in [5.41, 5.74) is 1.64. The molecule has 1 aromatic carbocycles. The second kappa shape index (κ2) is 5.02. The molecule has 1 heterocycles. The molecule has 4 nitrogen and oxygen atoms in total. The van der Waals surface area contributed by atoms with Crippen LogP contribution in [0.15, 0.2) is 48.0 Å². The van der Waals surface area contributed by atoms with E-state index in [1.807, 2.05) is 24.3 Å². The molecule has 2 aromatic rings. The van der Waals surface area contributed by atoms with Crippen LogP contribution in [0.1, 0.15) is 5.56 Å². The largest absolute Gasteiger partial charge is 0.494 e. The van der Waals surface area contributed by atoms with Crippen molar-refractivity contribution in [2.45, 2.75) is 0 Å². The van der Waals surface area contributed by atoms with Gasteiger partial charge >= 0.3 is 0 Å². The molecule has 0 aliphatic carbocycles. The number of ether oxygens (including phenoxy) is 1. The van der Waals surface area contributed by atoms with Crippen molar-refractivity contribution in [1.29, 1.82) is 0 Å². The highest BCUT2D eigenvalue weighted by Gasteiger charge is 1.97. The third-order valence-electron chi connectivity index (χ3n) is 2.02. The van der Waals surface area contributed by atoms with Crippen LogP contribution in [0.5, 0.6) is 5.75 Å². The smallest absolute Gasteiger partial charge is 0.144 e. The molecule has 1 aromatic heterocycles. The molecule has 0 bridgehead atoms. The number of rotatable bonds is 3. The van der Waals surface area contributed by atoms with Gasteiger partial charge < -0.3 is 4.74 Å². The Morgan fingerprint density at radius 2 is 1.94 bits per heavy atom. The Balaban J connectivity index is 2.24. The van der Waals surface area contributed by atoms with Crippen LogP contribution < -0.4 is 4.74 Å². The van der Waals surface area contributed by atoms with E-state index in [1.165, 1.54) is 6.33 Å². The Morgan fingerprint density at radius 3 is 2.69 bits per heavy atom. The Kier molecular flexibility index (Phi) is 3.23. The van der Waals surface area contributed by atoms with Gasteiger partial charge in [-0.25, -0.2) is 9.97 Å². The number of nitrogens with zero attached hydrogens (tertiary/aromatic N) is 3. The van der Waals surface area contributed by atoms with E-state index in [9.17, 15) is 0 Å². The summed E-state index contributed by atoms with van der Waals surface area (Å²) in [7, 11) is 1.62. The molecule has 0 saturated heterocycles. The summed E-state index contributed by atoms with van der Waals surface area (Å²) in [6, 6.07) is 7.58. The molecule has 0 unspecified atom stereocenters. The first-order valence-corrected chi connectivity index (χ1v) is 4.82. The van der Waals surface area contributed by atoms with Gasteiger partial charge in [0.2, 0.25) is 0 Å². The predicted molar refractivity (Wildman–Crippen MR) is 62.3 cm³/mol. The maximum Gasteiger partial charge on any atom is 0.144 e. The molecular weight excluding hydrogens is 202 g/mol. The lowest BCUT2D eigenvalue weighted by atomic mass is 10.3. The molecule has 0 aliphatic heterocycles. The maximum absolute atomic E-state index is 5.19. The van der Waals surface area contributed by atoms with E-state index in [0.717, 1.165) is 17.0 Å². The molecule has 0 radical (unpaired) electrons. The van der Waals surface area contributed by atoms with Crippen LogP contribution >= 0.6 is 0 Å². The summed E-state index contributed by atoms with van der Waals surface area (Å²) in [6.07, 6.45) is 6.59. The highest BCUT2D eigenvalue weighted by molar-refractivity contribution is 5.81. The summed E-state index contributed by atoms with van der Waals surface area (Å²) in [5, 5.41) is 0. The van der Waals surface area contributed by atoms with Gasteiger partial charge in [-0.3, -0.25) is 4.99 Å². The first kappa shape index (κ1) is 10.3. The normalized spacial score (nSPS) is 10.6.